The van der Waals surface area contributed by atoms with Gasteiger partial charge < -0.3 is 9.64 Å². The van der Waals surface area contributed by atoms with E-state index in [4.69, 9.17) is 0 Å². The lowest BCUT2D eigenvalue weighted by molar-refractivity contribution is -0.143. The van der Waals surface area contributed by atoms with Crippen LogP contribution >= 0.6 is 0 Å². The first kappa shape index (κ1) is 11.8. The number of hydrogen-bond acceptors (Lipinski definition) is 3. The van der Waals surface area contributed by atoms with E-state index in [2.05, 4.69) is 4.74 Å². The molecule has 0 N–H and O–H groups in total. The van der Waals surface area contributed by atoms with Gasteiger partial charge in [0.15, 0.2) is 0 Å². The summed E-state index contributed by atoms with van der Waals surface area (Å²) in [7, 11) is 1.28. The third kappa shape index (κ3) is 1.97. The van der Waals surface area contributed by atoms with E-state index in [1.54, 1.807) is 0 Å². The standard InChI is InChI=1S/C12H13F2NO2/c1-7-5-9(14)11(6-8(7)13)15-4-3-10(15)12(16)17-2/h5-6,10H,3-4H2,1-2H3. The third-order valence-corrected chi connectivity index (χ3v) is 3.03. The van der Waals surface area contributed by atoms with Crippen LogP contribution < -0.4 is 4.90 Å². The minimum absolute atomic E-state index is 0.120. The van der Waals surface area contributed by atoms with Crippen molar-refractivity contribution in [1.29, 1.82) is 0 Å². The number of aryl methyl sites for hydroxylation is 1. The van der Waals surface area contributed by atoms with Gasteiger partial charge in [-0.15, -0.1) is 0 Å². The van der Waals surface area contributed by atoms with Crippen molar-refractivity contribution < 1.29 is 18.3 Å². The van der Waals surface area contributed by atoms with Crippen molar-refractivity contribution in [2.24, 2.45) is 0 Å². The summed E-state index contributed by atoms with van der Waals surface area (Å²) in [5.74, 6) is -1.41. The highest BCUT2D eigenvalue weighted by Gasteiger charge is 2.36. The van der Waals surface area contributed by atoms with Crippen LogP contribution in [0.25, 0.3) is 0 Å². The highest BCUT2D eigenvalue weighted by Crippen LogP contribution is 2.31. The minimum Gasteiger partial charge on any atom is -0.467 e. The summed E-state index contributed by atoms with van der Waals surface area (Å²) >= 11 is 0. The molecule has 1 aliphatic heterocycles. The SMILES string of the molecule is COC(=O)C1CCN1c1cc(F)c(C)cc1F. The number of nitrogens with zero attached hydrogens (tertiary/aromatic N) is 1. The normalized spacial score (nSPS) is 18.8. The molecule has 1 aliphatic rings. The molecule has 0 spiro atoms. The molecule has 92 valence electrons. The van der Waals surface area contributed by atoms with Gasteiger partial charge in [-0.1, -0.05) is 0 Å². The molecular weight excluding hydrogens is 228 g/mol. The van der Waals surface area contributed by atoms with Crippen molar-refractivity contribution in [1.82, 2.24) is 0 Å². The zero-order valence-corrected chi connectivity index (χ0v) is 9.67. The molecule has 0 aromatic heterocycles. The van der Waals surface area contributed by atoms with E-state index in [1.807, 2.05) is 0 Å². The highest BCUT2D eigenvalue weighted by atomic mass is 19.1. The number of benzene rings is 1. The lowest BCUT2D eigenvalue weighted by Gasteiger charge is -2.40. The van der Waals surface area contributed by atoms with Crippen LogP contribution in [0.4, 0.5) is 14.5 Å². The second-order valence-electron chi connectivity index (χ2n) is 4.07. The predicted molar refractivity (Wildman–Crippen MR) is 58.9 cm³/mol. The van der Waals surface area contributed by atoms with Gasteiger partial charge in [-0.05, 0) is 25.0 Å². The molecule has 0 radical (unpaired) electrons. The molecule has 0 saturated carbocycles. The molecule has 2 rings (SSSR count). The molecule has 5 heteroatoms. The number of anilines is 1. The molecule has 1 heterocycles. The fraction of sp³-hybridized carbons (Fsp3) is 0.417. The van der Waals surface area contributed by atoms with Crippen LogP contribution in [0, 0.1) is 18.6 Å². The van der Waals surface area contributed by atoms with Gasteiger partial charge >= 0.3 is 5.97 Å². The first-order valence-electron chi connectivity index (χ1n) is 5.34. The number of methoxy groups -OCH3 is 1. The van der Waals surface area contributed by atoms with E-state index in [-0.39, 0.29) is 11.3 Å². The number of carbonyl (C=O) groups excluding carboxylic acids is 1. The van der Waals surface area contributed by atoms with Gasteiger partial charge in [0.2, 0.25) is 0 Å². The Morgan fingerprint density at radius 2 is 2.12 bits per heavy atom. The molecule has 0 aliphatic carbocycles. The molecule has 17 heavy (non-hydrogen) atoms. The molecule has 1 saturated heterocycles. The number of hydrogen-bond donors (Lipinski definition) is 0. The van der Waals surface area contributed by atoms with Crippen LogP contribution in [0.15, 0.2) is 12.1 Å². The summed E-state index contributed by atoms with van der Waals surface area (Å²) in [5.41, 5.74) is 0.371. The number of halogens is 2. The van der Waals surface area contributed by atoms with Crippen molar-refractivity contribution in [3.05, 3.63) is 29.3 Å². The van der Waals surface area contributed by atoms with Gasteiger partial charge in [0, 0.05) is 12.6 Å². The fourth-order valence-electron chi connectivity index (χ4n) is 1.91. The highest BCUT2D eigenvalue weighted by molar-refractivity contribution is 5.82. The molecule has 1 aromatic rings. The second kappa shape index (κ2) is 4.31. The quantitative estimate of drug-likeness (QED) is 0.742. The zero-order chi connectivity index (χ0) is 12.6. The van der Waals surface area contributed by atoms with Crippen LogP contribution in [-0.4, -0.2) is 25.7 Å². The summed E-state index contributed by atoms with van der Waals surface area (Å²) in [5, 5.41) is 0. The molecule has 1 unspecified atom stereocenters. The predicted octanol–water partition coefficient (Wildman–Crippen LogP) is 2.02. The number of rotatable bonds is 2. The van der Waals surface area contributed by atoms with Crippen molar-refractivity contribution in [2.45, 2.75) is 19.4 Å². The van der Waals surface area contributed by atoms with E-state index in [1.165, 1.54) is 18.9 Å². The Morgan fingerprint density at radius 3 is 2.65 bits per heavy atom. The van der Waals surface area contributed by atoms with Crippen LogP contribution in [0.1, 0.15) is 12.0 Å². The molecule has 0 bridgehead atoms. The smallest absolute Gasteiger partial charge is 0.328 e. The van der Waals surface area contributed by atoms with E-state index < -0.39 is 23.6 Å². The van der Waals surface area contributed by atoms with Gasteiger partial charge in [-0.3, -0.25) is 0 Å². The Bertz CT molecular complexity index is 462. The fourth-order valence-corrected chi connectivity index (χ4v) is 1.91. The van der Waals surface area contributed by atoms with Crippen molar-refractivity contribution in [2.75, 3.05) is 18.6 Å². The molecule has 0 amide bonds. The average molecular weight is 241 g/mol. The van der Waals surface area contributed by atoms with Gasteiger partial charge in [0.05, 0.1) is 12.8 Å². The maximum atomic E-state index is 13.7. The van der Waals surface area contributed by atoms with E-state index in [0.29, 0.717) is 13.0 Å². The Morgan fingerprint density at radius 1 is 1.41 bits per heavy atom. The summed E-state index contributed by atoms with van der Waals surface area (Å²) in [4.78, 5) is 12.9. The summed E-state index contributed by atoms with van der Waals surface area (Å²) < 4.78 is 31.7. The van der Waals surface area contributed by atoms with Crippen LogP contribution in [0.3, 0.4) is 0 Å². The molecule has 1 fully saturated rings. The third-order valence-electron chi connectivity index (χ3n) is 3.03. The van der Waals surface area contributed by atoms with Gasteiger partial charge in [0.25, 0.3) is 0 Å². The lowest BCUT2D eigenvalue weighted by Crippen LogP contribution is -2.53. The lowest BCUT2D eigenvalue weighted by atomic mass is 10.0. The Kier molecular flexibility index (Phi) is 3.00. The van der Waals surface area contributed by atoms with E-state index in [0.717, 1.165) is 12.1 Å². The Hall–Kier alpha value is -1.65. The Labute approximate surface area is 98.0 Å². The van der Waals surface area contributed by atoms with Crippen molar-refractivity contribution in [3.8, 4) is 0 Å². The van der Waals surface area contributed by atoms with Crippen LogP contribution in [0.2, 0.25) is 0 Å². The maximum Gasteiger partial charge on any atom is 0.328 e. The largest absolute Gasteiger partial charge is 0.467 e. The molecule has 1 aromatic carbocycles. The summed E-state index contributed by atoms with van der Waals surface area (Å²) in [6.07, 6.45) is 0.599. The minimum atomic E-state index is -0.516. The molecular formula is C12H13F2NO2. The van der Waals surface area contributed by atoms with Crippen LogP contribution in [-0.2, 0) is 9.53 Å². The van der Waals surface area contributed by atoms with Gasteiger partial charge in [0.1, 0.15) is 17.7 Å². The number of esters is 1. The van der Waals surface area contributed by atoms with Gasteiger partial charge in [-0.2, -0.15) is 0 Å². The van der Waals surface area contributed by atoms with Crippen LogP contribution in [0.5, 0.6) is 0 Å². The first-order valence-corrected chi connectivity index (χ1v) is 5.34. The van der Waals surface area contributed by atoms with Crippen molar-refractivity contribution in [3.63, 3.8) is 0 Å². The molecule has 1 atom stereocenters. The first-order chi connectivity index (χ1) is 8.04. The van der Waals surface area contributed by atoms with E-state index >= 15 is 0 Å². The molecule has 3 nitrogen and oxygen atoms in total. The maximum absolute atomic E-state index is 13.7. The summed E-state index contributed by atoms with van der Waals surface area (Å²) in [6, 6.07) is 1.76. The Balaban J connectivity index is 2.29. The van der Waals surface area contributed by atoms with Gasteiger partial charge in [-0.25, -0.2) is 13.6 Å². The number of ether oxygens (including phenoxy) is 1. The summed E-state index contributed by atoms with van der Waals surface area (Å²) in [6.45, 7) is 2.02. The monoisotopic (exact) mass is 241 g/mol. The second-order valence-corrected chi connectivity index (χ2v) is 4.07. The van der Waals surface area contributed by atoms with Crippen molar-refractivity contribution >= 4 is 11.7 Å². The van der Waals surface area contributed by atoms with E-state index in [9.17, 15) is 13.6 Å². The number of carbonyl (C=O) groups is 1. The topological polar surface area (TPSA) is 29.5 Å². The zero-order valence-electron chi connectivity index (χ0n) is 9.67. The average Bonchev–Trinajstić information content (AvgIpc) is 2.24.